The second-order valence-electron chi connectivity index (χ2n) is 8.23. The standard InChI is InChI=1S/C21H23F2N5O4S/c22-10-4-5-15(11(23)6-10)33-7-14-17(30)18(31)21(32-14)28-9-26-16-19(24-8-25-20(16)28)27-12-2-1-3-13(12)29/h4-6,8-9,12-14,17-18,21,29-31H,1-3,7H2,(H,24,25,27)/t12-,13-,14-,17-,18-,21+/m1/s1. The summed E-state index contributed by atoms with van der Waals surface area (Å²) in [6, 6.07) is 3.14. The molecule has 2 aliphatic rings. The molecule has 5 rings (SSSR count). The number of aromatic nitrogens is 4. The Hall–Kier alpha value is -2.38. The number of aliphatic hydroxyl groups is 3. The fourth-order valence-corrected chi connectivity index (χ4v) is 5.27. The summed E-state index contributed by atoms with van der Waals surface area (Å²) >= 11 is 1.06. The Balaban J connectivity index is 1.33. The molecule has 1 saturated carbocycles. The van der Waals surface area contributed by atoms with Crippen molar-refractivity contribution in [3.63, 3.8) is 0 Å². The van der Waals surface area contributed by atoms with Crippen LogP contribution in [0.1, 0.15) is 25.5 Å². The molecule has 3 heterocycles. The third-order valence-electron chi connectivity index (χ3n) is 6.07. The molecule has 0 radical (unpaired) electrons. The molecule has 1 aromatic carbocycles. The third kappa shape index (κ3) is 4.28. The van der Waals surface area contributed by atoms with Gasteiger partial charge in [0.25, 0.3) is 0 Å². The Morgan fingerprint density at radius 3 is 2.73 bits per heavy atom. The van der Waals surface area contributed by atoms with Gasteiger partial charge in [0.05, 0.1) is 24.6 Å². The Kier molecular flexibility index (Phi) is 6.18. The van der Waals surface area contributed by atoms with Crippen LogP contribution in [0.25, 0.3) is 11.2 Å². The highest BCUT2D eigenvalue weighted by molar-refractivity contribution is 7.99. The first kappa shape index (κ1) is 22.4. The van der Waals surface area contributed by atoms with Gasteiger partial charge in [-0.15, -0.1) is 11.8 Å². The Morgan fingerprint density at radius 2 is 1.97 bits per heavy atom. The molecule has 0 amide bonds. The van der Waals surface area contributed by atoms with E-state index in [-0.39, 0.29) is 16.7 Å². The van der Waals surface area contributed by atoms with Gasteiger partial charge in [-0.2, -0.15) is 0 Å². The van der Waals surface area contributed by atoms with E-state index in [9.17, 15) is 24.1 Å². The lowest BCUT2D eigenvalue weighted by Gasteiger charge is -2.18. The minimum absolute atomic E-state index is 0.128. The van der Waals surface area contributed by atoms with Crippen molar-refractivity contribution in [2.24, 2.45) is 0 Å². The van der Waals surface area contributed by atoms with E-state index in [1.165, 1.54) is 23.3 Å². The number of hydrogen-bond donors (Lipinski definition) is 4. The van der Waals surface area contributed by atoms with Crippen LogP contribution in [0.2, 0.25) is 0 Å². The fraction of sp³-hybridized carbons (Fsp3) is 0.476. The molecule has 1 saturated heterocycles. The van der Waals surface area contributed by atoms with Crippen molar-refractivity contribution in [3.8, 4) is 0 Å². The monoisotopic (exact) mass is 479 g/mol. The van der Waals surface area contributed by atoms with E-state index in [4.69, 9.17) is 4.74 Å². The summed E-state index contributed by atoms with van der Waals surface area (Å²) in [5.74, 6) is -0.758. The third-order valence-corrected chi connectivity index (χ3v) is 7.21. The number of hydrogen-bond acceptors (Lipinski definition) is 9. The lowest BCUT2D eigenvalue weighted by molar-refractivity contribution is -0.0289. The number of benzene rings is 1. The van der Waals surface area contributed by atoms with E-state index in [0.717, 1.165) is 43.2 Å². The van der Waals surface area contributed by atoms with Gasteiger partial charge in [-0.1, -0.05) is 0 Å². The van der Waals surface area contributed by atoms with Crippen molar-refractivity contribution in [3.05, 3.63) is 42.5 Å². The Morgan fingerprint density at radius 1 is 1.12 bits per heavy atom. The smallest absolute Gasteiger partial charge is 0.167 e. The molecule has 3 aromatic rings. The summed E-state index contributed by atoms with van der Waals surface area (Å²) in [5.41, 5.74) is 0.849. The number of nitrogens with zero attached hydrogens (tertiary/aromatic N) is 4. The second kappa shape index (κ2) is 9.11. The molecule has 4 N–H and O–H groups in total. The Bertz CT molecular complexity index is 1150. The summed E-state index contributed by atoms with van der Waals surface area (Å²) in [4.78, 5) is 13.1. The van der Waals surface area contributed by atoms with Crippen molar-refractivity contribution < 1.29 is 28.8 Å². The van der Waals surface area contributed by atoms with E-state index in [1.807, 2.05) is 0 Å². The van der Waals surface area contributed by atoms with Crippen molar-refractivity contribution in [1.29, 1.82) is 0 Å². The Labute approximate surface area is 191 Å². The summed E-state index contributed by atoms with van der Waals surface area (Å²) in [6.45, 7) is 0. The predicted octanol–water partition coefficient (Wildman–Crippen LogP) is 1.84. The number of fused-ring (bicyclic) bond motifs is 1. The molecule has 1 aliphatic carbocycles. The van der Waals surface area contributed by atoms with Gasteiger partial charge in [0.2, 0.25) is 0 Å². The first-order valence-corrected chi connectivity index (χ1v) is 11.6. The second-order valence-corrected chi connectivity index (χ2v) is 9.29. The van der Waals surface area contributed by atoms with Crippen LogP contribution in [-0.4, -0.2) is 71.0 Å². The molecule has 2 fully saturated rings. The minimum Gasteiger partial charge on any atom is -0.391 e. The maximum atomic E-state index is 13.9. The number of imidazole rings is 1. The van der Waals surface area contributed by atoms with Gasteiger partial charge in [0.15, 0.2) is 23.2 Å². The van der Waals surface area contributed by atoms with Gasteiger partial charge in [-0.25, -0.2) is 23.7 Å². The van der Waals surface area contributed by atoms with Crippen LogP contribution >= 0.6 is 11.8 Å². The van der Waals surface area contributed by atoms with Gasteiger partial charge in [-0.05, 0) is 31.4 Å². The normalized spacial score (nSPS) is 29.7. The average Bonchev–Trinajstić information content (AvgIpc) is 3.47. The van der Waals surface area contributed by atoms with Crippen LogP contribution in [0, 0.1) is 11.6 Å². The minimum atomic E-state index is -1.27. The van der Waals surface area contributed by atoms with E-state index < -0.39 is 42.3 Å². The molecule has 6 atom stereocenters. The van der Waals surface area contributed by atoms with Crippen LogP contribution in [0.3, 0.4) is 0 Å². The molecule has 1 aliphatic heterocycles. The molecule has 12 heteroatoms. The first-order chi connectivity index (χ1) is 15.9. The molecule has 176 valence electrons. The molecule has 9 nitrogen and oxygen atoms in total. The highest BCUT2D eigenvalue weighted by Gasteiger charge is 2.44. The van der Waals surface area contributed by atoms with Crippen molar-refractivity contribution in [2.45, 2.75) is 60.8 Å². The SMILES string of the molecule is O[C@@H]1[C@H](O)[C@@H](CSc2ccc(F)cc2F)O[C@@H]1n1cnc2c(N[C@@H]3CCC[C@H]3O)ncnc21. The van der Waals surface area contributed by atoms with Crippen LogP contribution in [-0.2, 0) is 4.74 Å². The highest BCUT2D eigenvalue weighted by Crippen LogP contribution is 2.35. The van der Waals surface area contributed by atoms with Gasteiger partial charge in [0.1, 0.15) is 30.2 Å². The lowest BCUT2D eigenvalue weighted by atomic mass is 10.1. The zero-order chi connectivity index (χ0) is 23.1. The topological polar surface area (TPSA) is 126 Å². The van der Waals surface area contributed by atoms with Crippen molar-refractivity contribution in [1.82, 2.24) is 19.5 Å². The first-order valence-electron chi connectivity index (χ1n) is 10.6. The zero-order valence-electron chi connectivity index (χ0n) is 17.4. The zero-order valence-corrected chi connectivity index (χ0v) is 18.2. The summed E-state index contributed by atoms with van der Waals surface area (Å²) in [5, 5.41) is 34.5. The maximum absolute atomic E-state index is 13.9. The van der Waals surface area contributed by atoms with Gasteiger partial charge in [0, 0.05) is 16.7 Å². The van der Waals surface area contributed by atoms with E-state index in [1.54, 1.807) is 0 Å². The van der Waals surface area contributed by atoms with Crippen LogP contribution in [0.15, 0.2) is 35.7 Å². The quantitative estimate of drug-likeness (QED) is 0.392. The van der Waals surface area contributed by atoms with E-state index in [2.05, 4.69) is 20.3 Å². The van der Waals surface area contributed by atoms with E-state index in [0.29, 0.717) is 17.0 Å². The molecular weight excluding hydrogens is 456 g/mol. The van der Waals surface area contributed by atoms with Gasteiger partial charge in [-0.3, -0.25) is 4.57 Å². The largest absolute Gasteiger partial charge is 0.391 e. The number of nitrogens with one attached hydrogen (secondary N) is 1. The lowest BCUT2D eigenvalue weighted by Crippen LogP contribution is -2.32. The molecule has 2 aromatic heterocycles. The van der Waals surface area contributed by atoms with Crippen LogP contribution < -0.4 is 5.32 Å². The number of anilines is 1. The predicted molar refractivity (Wildman–Crippen MR) is 116 cm³/mol. The average molecular weight is 480 g/mol. The summed E-state index contributed by atoms with van der Waals surface area (Å²) in [7, 11) is 0. The van der Waals surface area contributed by atoms with Gasteiger partial charge >= 0.3 is 0 Å². The number of halogens is 2. The maximum Gasteiger partial charge on any atom is 0.167 e. The van der Waals surface area contributed by atoms with Crippen molar-refractivity contribution in [2.75, 3.05) is 11.1 Å². The summed E-state index contributed by atoms with van der Waals surface area (Å²) in [6.07, 6.45) is 0.542. The molecule has 0 unspecified atom stereocenters. The molecule has 0 spiro atoms. The fourth-order valence-electron chi connectivity index (χ4n) is 4.29. The number of rotatable bonds is 6. The van der Waals surface area contributed by atoms with Crippen LogP contribution in [0.4, 0.5) is 14.6 Å². The number of ether oxygens (including phenoxy) is 1. The highest BCUT2D eigenvalue weighted by atomic mass is 32.2. The van der Waals surface area contributed by atoms with Gasteiger partial charge < -0.3 is 25.4 Å². The number of thioether (sulfide) groups is 1. The molecule has 0 bridgehead atoms. The molecular formula is C21H23F2N5O4S. The van der Waals surface area contributed by atoms with Crippen molar-refractivity contribution >= 4 is 28.7 Å². The number of aliphatic hydroxyl groups excluding tert-OH is 3. The summed E-state index contributed by atoms with van der Waals surface area (Å²) < 4.78 is 34.5. The molecule has 33 heavy (non-hydrogen) atoms. The van der Waals surface area contributed by atoms with Crippen LogP contribution in [0.5, 0.6) is 0 Å². The van der Waals surface area contributed by atoms with E-state index >= 15 is 0 Å².